The van der Waals surface area contributed by atoms with Gasteiger partial charge in [0.15, 0.2) is 0 Å². The number of anilines is 1. The number of aromatic hydroxyl groups is 1. The van der Waals surface area contributed by atoms with E-state index in [1.807, 2.05) is 12.1 Å². The molecule has 0 spiro atoms. The van der Waals surface area contributed by atoms with Crippen molar-refractivity contribution in [3.05, 3.63) is 57.7 Å². The summed E-state index contributed by atoms with van der Waals surface area (Å²) in [6.07, 6.45) is 1.43. The lowest BCUT2D eigenvalue weighted by Crippen LogP contribution is -2.20. The third-order valence-corrected chi connectivity index (χ3v) is 3.76. The molecule has 0 saturated carbocycles. The summed E-state index contributed by atoms with van der Waals surface area (Å²) in [5, 5.41) is 16.0. The number of halogens is 1. The summed E-state index contributed by atoms with van der Waals surface area (Å²) in [6.45, 7) is 0. The van der Waals surface area contributed by atoms with Crippen molar-refractivity contribution in [2.75, 3.05) is 5.32 Å². The van der Waals surface area contributed by atoms with Gasteiger partial charge in [0.2, 0.25) is 11.8 Å². The normalized spacial score (nSPS) is 10.5. The van der Waals surface area contributed by atoms with E-state index >= 15 is 0 Å². The van der Waals surface area contributed by atoms with Gasteiger partial charge in [-0.2, -0.15) is 5.10 Å². The van der Waals surface area contributed by atoms with Crippen molar-refractivity contribution in [2.24, 2.45) is 5.10 Å². The molecule has 2 amide bonds. The van der Waals surface area contributed by atoms with E-state index < -0.39 is 0 Å². The van der Waals surface area contributed by atoms with Crippen molar-refractivity contribution >= 4 is 46.3 Å². The smallest absolute Gasteiger partial charge is 0.240 e. The number of hydrazone groups is 1. The van der Waals surface area contributed by atoms with Crippen molar-refractivity contribution in [1.82, 2.24) is 5.43 Å². The van der Waals surface area contributed by atoms with Crippen LogP contribution in [0.25, 0.3) is 0 Å². The first kappa shape index (κ1) is 17.9. The van der Waals surface area contributed by atoms with Crippen LogP contribution in [0.2, 0.25) is 0 Å². The molecule has 0 aliphatic carbocycles. The van der Waals surface area contributed by atoms with E-state index in [2.05, 4.69) is 38.4 Å². The fraction of sp³-hybridized carbons (Fsp3) is 0.118. The molecule has 2 rings (SSSR count). The molecule has 0 aromatic heterocycles. The highest BCUT2D eigenvalue weighted by Crippen LogP contribution is 2.13. The van der Waals surface area contributed by atoms with E-state index in [0.29, 0.717) is 11.3 Å². The Morgan fingerprint density at radius 1 is 1.04 bits per heavy atom. The van der Waals surface area contributed by atoms with Gasteiger partial charge in [0.25, 0.3) is 0 Å². The molecule has 3 N–H and O–H groups in total. The van der Waals surface area contributed by atoms with E-state index in [1.165, 1.54) is 12.3 Å². The van der Waals surface area contributed by atoms with Crippen LogP contribution in [-0.2, 0) is 9.59 Å². The molecular formula is C17H16IN3O3. The molecule has 0 aliphatic rings. The van der Waals surface area contributed by atoms with Crippen LogP contribution in [0.5, 0.6) is 5.75 Å². The summed E-state index contributed by atoms with van der Waals surface area (Å²) >= 11 is 2.18. The topological polar surface area (TPSA) is 90.8 Å². The molecule has 0 unspecified atom stereocenters. The molecule has 0 atom stereocenters. The number of rotatable bonds is 6. The Labute approximate surface area is 153 Å². The molecule has 6 nitrogen and oxygen atoms in total. The van der Waals surface area contributed by atoms with Gasteiger partial charge < -0.3 is 10.4 Å². The maximum Gasteiger partial charge on any atom is 0.240 e. The van der Waals surface area contributed by atoms with E-state index in [-0.39, 0.29) is 30.4 Å². The van der Waals surface area contributed by atoms with E-state index in [9.17, 15) is 14.7 Å². The highest BCUT2D eigenvalue weighted by atomic mass is 127. The van der Waals surface area contributed by atoms with Crippen LogP contribution < -0.4 is 10.7 Å². The second-order valence-corrected chi connectivity index (χ2v) is 6.15. The maximum absolute atomic E-state index is 11.8. The highest BCUT2D eigenvalue weighted by Gasteiger charge is 2.06. The van der Waals surface area contributed by atoms with Crippen molar-refractivity contribution in [1.29, 1.82) is 0 Å². The van der Waals surface area contributed by atoms with Gasteiger partial charge in [-0.25, -0.2) is 5.43 Å². The summed E-state index contributed by atoms with van der Waals surface area (Å²) in [5.74, 6) is -0.539. The fourth-order valence-corrected chi connectivity index (χ4v) is 2.17. The third kappa shape index (κ3) is 5.99. The van der Waals surface area contributed by atoms with Crippen molar-refractivity contribution in [3.8, 4) is 5.75 Å². The molecule has 0 heterocycles. The first-order valence-electron chi connectivity index (χ1n) is 7.20. The van der Waals surface area contributed by atoms with Crippen LogP contribution in [0.1, 0.15) is 18.4 Å². The summed E-state index contributed by atoms with van der Waals surface area (Å²) in [7, 11) is 0. The molecular weight excluding hydrogens is 421 g/mol. The van der Waals surface area contributed by atoms with Crippen LogP contribution in [-0.4, -0.2) is 23.1 Å². The molecule has 0 fully saturated rings. The van der Waals surface area contributed by atoms with Crippen LogP contribution in [0.4, 0.5) is 5.69 Å². The first-order valence-corrected chi connectivity index (χ1v) is 8.28. The quantitative estimate of drug-likeness (QED) is 0.369. The fourth-order valence-electron chi connectivity index (χ4n) is 1.81. The van der Waals surface area contributed by atoms with Crippen LogP contribution in [0.15, 0.2) is 53.6 Å². The van der Waals surface area contributed by atoms with Gasteiger partial charge in [-0.1, -0.05) is 12.1 Å². The first-order chi connectivity index (χ1) is 11.5. The minimum absolute atomic E-state index is 0.0221. The molecule has 0 bridgehead atoms. The zero-order chi connectivity index (χ0) is 17.4. The lowest BCUT2D eigenvalue weighted by atomic mass is 10.2. The third-order valence-electron chi connectivity index (χ3n) is 3.04. The number of benzene rings is 2. The Hall–Kier alpha value is -2.42. The average Bonchev–Trinajstić information content (AvgIpc) is 2.57. The van der Waals surface area contributed by atoms with Gasteiger partial charge in [-0.05, 0) is 59.0 Å². The SMILES string of the molecule is O=C(CCC(=O)Nc1ccc(I)cc1)N/N=C/c1ccccc1O. The second-order valence-electron chi connectivity index (χ2n) is 4.91. The predicted octanol–water partition coefficient (Wildman–Crippen LogP) is 2.87. The van der Waals surface area contributed by atoms with E-state index in [1.54, 1.807) is 30.3 Å². The zero-order valence-corrected chi connectivity index (χ0v) is 14.9. The van der Waals surface area contributed by atoms with Crippen LogP contribution in [0.3, 0.4) is 0 Å². The molecule has 0 aliphatic heterocycles. The number of amides is 2. The Morgan fingerprint density at radius 2 is 1.71 bits per heavy atom. The average molecular weight is 437 g/mol. The number of carbonyl (C=O) groups is 2. The number of carbonyl (C=O) groups excluding carboxylic acids is 2. The Balaban J connectivity index is 1.73. The molecule has 24 heavy (non-hydrogen) atoms. The predicted molar refractivity (Wildman–Crippen MR) is 101 cm³/mol. The lowest BCUT2D eigenvalue weighted by Gasteiger charge is -2.05. The number of nitrogens with one attached hydrogen (secondary N) is 2. The minimum Gasteiger partial charge on any atom is -0.507 e. The number of phenols is 1. The lowest BCUT2D eigenvalue weighted by molar-refractivity contribution is -0.124. The second kappa shape index (κ2) is 9.02. The summed E-state index contributed by atoms with van der Waals surface area (Å²) in [6, 6.07) is 14.0. The Bertz CT molecular complexity index is 745. The number of hydrogen-bond acceptors (Lipinski definition) is 4. The molecule has 7 heteroatoms. The van der Waals surface area contributed by atoms with Crippen LogP contribution in [0, 0.1) is 3.57 Å². The van der Waals surface area contributed by atoms with Crippen molar-refractivity contribution in [3.63, 3.8) is 0 Å². The molecule has 0 saturated heterocycles. The minimum atomic E-state index is -0.376. The summed E-state index contributed by atoms with van der Waals surface area (Å²) in [4.78, 5) is 23.4. The number of hydrogen-bond donors (Lipinski definition) is 3. The van der Waals surface area contributed by atoms with Gasteiger partial charge in [0, 0.05) is 27.7 Å². The molecule has 0 radical (unpaired) electrons. The summed E-state index contributed by atoms with van der Waals surface area (Å²) in [5.41, 5.74) is 3.51. The molecule has 2 aromatic rings. The largest absolute Gasteiger partial charge is 0.507 e. The number of nitrogens with zero attached hydrogens (tertiary/aromatic N) is 1. The standard InChI is InChI=1S/C17H16IN3O3/c18-13-5-7-14(8-6-13)20-16(23)9-10-17(24)21-19-11-12-3-1-2-4-15(12)22/h1-8,11,22H,9-10H2,(H,20,23)(H,21,24)/b19-11+. The Morgan fingerprint density at radius 3 is 2.42 bits per heavy atom. The van der Waals surface area contributed by atoms with Gasteiger partial charge in [-0.15, -0.1) is 0 Å². The molecule has 2 aromatic carbocycles. The number of phenolic OH excluding ortho intramolecular Hbond substituents is 1. The summed E-state index contributed by atoms with van der Waals surface area (Å²) < 4.78 is 1.08. The van der Waals surface area contributed by atoms with Gasteiger partial charge in [0.1, 0.15) is 5.75 Å². The van der Waals surface area contributed by atoms with E-state index in [0.717, 1.165) is 3.57 Å². The van der Waals surface area contributed by atoms with Crippen molar-refractivity contribution in [2.45, 2.75) is 12.8 Å². The number of para-hydroxylation sites is 1. The zero-order valence-electron chi connectivity index (χ0n) is 12.7. The highest BCUT2D eigenvalue weighted by molar-refractivity contribution is 14.1. The van der Waals surface area contributed by atoms with Crippen LogP contribution >= 0.6 is 22.6 Å². The maximum atomic E-state index is 11.8. The van der Waals surface area contributed by atoms with E-state index in [4.69, 9.17) is 0 Å². The monoisotopic (exact) mass is 437 g/mol. The molecule has 124 valence electrons. The van der Waals surface area contributed by atoms with Gasteiger partial charge in [-0.3, -0.25) is 9.59 Å². The van der Waals surface area contributed by atoms with Gasteiger partial charge >= 0.3 is 0 Å². The van der Waals surface area contributed by atoms with Gasteiger partial charge in [0.05, 0.1) is 6.21 Å². The Kier molecular flexibility index (Phi) is 6.74. The van der Waals surface area contributed by atoms with Crippen molar-refractivity contribution < 1.29 is 14.7 Å².